The Kier molecular flexibility index (Phi) is 7.15. The number of aliphatic hydroxyl groups excluding tert-OH is 1. The van der Waals surface area contributed by atoms with E-state index in [2.05, 4.69) is 0 Å². The lowest BCUT2D eigenvalue weighted by molar-refractivity contribution is 0.100. The molecular formula is C18H22O4S2. The van der Waals surface area contributed by atoms with E-state index in [1.807, 2.05) is 18.2 Å². The number of fused-ring (bicyclic) bond motifs is 1. The second kappa shape index (κ2) is 9.11. The number of hydrogen-bond acceptors (Lipinski definition) is 6. The van der Waals surface area contributed by atoms with Gasteiger partial charge in [-0.15, -0.1) is 11.3 Å². The van der Waals surface area contributed by atoms with Crippen LogP contribution < -0.4 is 9.47 Å². The predicted molar refractivity (Wildman–Crippen MR) is 102 cm³/mol. The maximum Gasteiger partial charge on any atom is 0.177 e. The minimum atomic E-state index is 0.0568. The molecule has 0 saturated heterocycles. The molecule has 0 aliphatic heterocycles. The lowest BCUT2D eigenvalue weighted by atomic mass is 10.1. The van der Waals surface area contributed by atoms with E-state index in [9.17, 15) is 4.79 Å². The van der Waals surface area contributed by atoms with Crippen LogP contribution in [-0.4, -0.2) is 36.6 Å². The van der Waals surface area contributed by atoms with Gasteiger partial charge in [0.25, 0.3) is 0 Å². The molecule has 2 rings (SSSR count). The number of rotatable bonds is 10. The standard InChI is InChI=1S/C18H22O4S2/c1-21-15-8-12-9-18(24-17(12)11-16(15)22-2)14(20)10-13(23)6-4-3-5-7-19/h8-9,11,19H,3-7,10H2,1-2H3. The zero-order valence-corrected chi connectivity index (χ0v) is 15.6. The fourth-order valence-corrected chi connectivity index (χ4v) is 3.76. The third kappa shape index (κ3) is 4.75. The summed E-state index contributed by atoms with van der Waals surface area (Å²) in [5.74, 6) is 1.37. The molecule has 1 aromatic heterocycles. The highest BCUT2D eigenvalue weighted by molar-refractivity contribution is 7.80. The fourth-order valence-electron chi connectivity index (χ4n) is 2.47. The van der Waals surface area contributed by atoms with E-state index in [0.29, 0.717) is 22.8 Å². The number of thiocarbonyl (C=S) groups is 1. The predicted octanol–water partition coefficient (Wildman–Crippen LogP) is 4.41. The zero-order chi connectivity index (χ0) is 17.5. The summed E-state index contributed by atoms with van der Waals surface area (Å²) in [6, 6.07) is 5.66. The molecule has 0 bridgehead atoms. The second-order valence-electron chi connectivity index (χ2n) is 5.53. The Hall–Kier alpha value is -1.50. The summed E-state index contributed by atoms with van der Waals surface area (Å²) in [4.78, 5) is 13.9. The molecule has 0 spiro atoms. The Morgan fingerprint density at radius 1 is 1.12 bits per heavy atom. The number of aliphatic hydroxyl groups is 1. The topological polar surface area (TPSA) is 55.8 Å². The average molecular weight is 367 g/mol. The van der Waals surface area contributed by atoms with Gasteiger partial charge in [0, 0.05) is 28.7 Å². The third-order valence-corrected chi connectivity index (χ3v) is 5.26. The van der Waals surface area contributed by atoms with E-state index < -0.39 is 0 Å². The smallest absolute Gasteiger partial charge is 0.177 e. The summed E-state index contributed by atoms with van der Waals surface area (Å²) in [6.45, 7) is 0.209. The minimum absolute atomic E-state index is 0.0568. The number of ether oxygens (including phenoxy) is 2. The van der Waals surface area contributed by atoms with Crippen molar-refractivity contribution >= 4 is 44.3 Å². The molecule has 130 valence electrons. The normalized spacial score (nSPS) is 10.8. The van der Waals surface area contributed by atoms with Crippen LogP contribution in [0.25, 0.3) is 10.1 Å². The van der Waals surface area contributed by atoms with Crippen LogP contribution in [0.1, 0.15) is 41.8 Å². The van der Waals surface area contributed by atoms with E-state index in [4.69, 9.17) is 26.8 Å². The number of carbonyl (C=O) groups is 1. The van der Waals surface area contributed by atoms with E-state index in [-0.39, 0.29) is 12.4 Å². The Balaban J connectivity index is 2.05. The molecule has 1 heterocycles. The van der Waals surface area contributed by atoms with Crippen LogP contribution in [0.4, 0.5) is 0 Å². The fraction of sp³-hybridized carbons (Fsp3) is 0.444. The van der Waals surface area contributed by atoms with Gasteiger partial charge in [-0.2, -0.15) is 0 Å². The van der Waals surface area contributed by atoms with Gasteiger partial charge in [-0.05, 0) is 36.8 Å². The number of benzene rings is 1. The highest BCUT2D eigenvalue weighted by atomic mass is 32.1. The first-order valence-electron chi connectivity index (χ1n) is 7.90. The molecule has 0 radical (unpaired) electrons. The number of Topliss-reactive ketones (excluding diaryl/α,β-unsaturated/α-hetero) is 1. The molecule has 0 fully saturated rings. The molecule has 0 aliphatic carbocycles. The number of carbonyl (C=O) groups excluding carboxylic acids is 1. The van der Waals surface area contributed by atoms with E-state index in [1.54, 1.807) is 14.2 Å². The summed E-state index contributed by atoms with van der Waals surface area (Å²) < 4.78 is 11.6. The summed E-state index contributed by atoms with van der Waals surface area (Å²) >= 11 is 6.77. The Labute approximate surface area is 151 Å². The highest BCUT2D eigenvalue weighted by Crippen LogP contribution is 2.36. The Morgan fingerprint density at radius 3 is 2.50 bits per heavy atom. The minimum Gasteiger partial charge on any atom is -0.493 e. The molecule has 6 heteroatoms. The van der Waals surface area contributed by atoms with Crippen LogP contribution in [0, 0.1) is 0 Å². The van der Waals surface area contributed by atoms with Crippen LogP contribution >= 0.6 is 23.6 Å². The van der Waals surface area contributed by atoms with Crippen molar-refractivity contribution in [2.45, 2.75) is 32.1 Å². The Bertz CT molecular complexity index is 680. The quantitative estimate of drug-likeness (QED) is 0.383. The van der Waals surface area contributed by atoms with E-state index in [0.717, 1.165) is 40.6 Å². The zero-order valence-electron chi connectivity index (χ0n) is 14.0. The van der Waals surface area contributed by atoms with Crippen LogP contribution in [0.15, 0.2) is 18.2 Å². The van der Waals surface area contributed by atoms with Crippen molar-refractivity contribution < 1.29 is 19.4 Å². The van der Waals surface area contributed by atoms with Gasteiger partial charge >= 0.3 is 0 Å². The van der Waals surface area contributed by atoms with Crippen LogP contribution in [0.3, 0.4) is 0 Å². The van der Waals surface area contributed by atoms with E-state index >= 15 is 0 Å². The SMILES string of the molecule is COc1cc2cc(C(=O)CC(=S)CCCCCO)sc2cc1OC. The number of methoxy groups -OCH3 is 2. The van der Waals surface area contributed by atoms with Crippen molar-refractivity contribution in [1.82, 2.24) is 0 Å². The van der Waals surface area contributed by atoms with Crippen LogP contribution in [0.5, 0.6) is 11.5 Å². The molecule has 0 amide bonds. The number of thiophene rings is 1. The summed E-state index contributed by atoms with van der Waals surface area (Å²) in [6.07, 6.45) is 3.71. The number of ketones is 1. The summed E-state index contributed by atoms with van der Waals surface area (Å²) in [7, 11) is 3.19. The van der Waals surface area contributed by atoms with Gasteiger partial charge in [-0.1, -0.05) is 18.6 Å². The van der Waals surface area contributed by atoms with Gasteiger partial charge in [-0.25, -0.2) is 0 Å². The molecule has 0 saturated carbocycles. The maximum atomic E-state index is 12.4. The monoisotopic (exact) mass is 366 g/mol. The first kappa shape index (κ1) is 18.8. The largest absolute Gasteiger partial charge is 0.493 e. The lowest BCUT2D eigenvalue weighted by Crippen LogP contribution is -2.04. The molecule has 4 nitrogen and oxygen atoms in total. The van der Waals surface area contributed by atoms with Gasteiger partial charge in [0.2, 0.25) is 0 Å². The molecule has 0 aliphatic rings. The summed E-state index contributed by atoms with van der Waals surface area (Å²) in [5, 5.41) is 9.73. The van der Waals surface area contributed by atoms with Gasteiger partial charge in [0.15, 0.2) is 17.3 Å². The van der Waals surface area contributed by atoms with Crippen molar-refractivity contribution in [1.29, 1.82) is 0 Å². The van der Waals surface area contributed by atoms with Gasteiger partial charge < -0.3 is 14.6 Å². The molecule has 24 heavy (non-hydrogen) atoms. The molecule has 0 atom stereocenters. The lowest BCUT2D eigenvalue weighted by Gasteiger charge is -2.06. The highest BCUT2D eigenvalue weighted by Gasteiger charge is 2.15. The van der Waals surface area contributed by atoms with Gasteiger partial charge in [-0.3, -0.25) is 4.79 Å². The average Bonchev–Trinajstić information content (AvgIpc) is 3.00. The van der Waals surface area contributed by atoms with Crippen LogP contribution in [0.2, 0.25) is 0 Å². The molecule has 0 unspecified atom stereocenters. The van der Waals surface area contributed by atoms with Gasteiger partial charge in [0.05, 0.1) is 19.1 Å². The molecule has 1 N–H and O–H groups in total. The van der Waals surface area contributed by atoms with Crippen molar-refractivity contribution in [3.8, 4) is 11.5 Å². The third-order valence-electron chi connectivity index (χ3n) is 3.77. The first-order valence-corrected chi connectivity index (χ1v) is 9.12. The van der Waals surface area contributed by atoms with E-state index in [1.165, 1.54) is 11.3 Å². The maximum absolute atomic E-state index is 12.4. The van der Waals surface area contributed by atoms with Crippen LogP contribution in [-0.2, 0) is 0 Å². The van der Waals surface area contributed by atoms with Crippen molar-refractivity contribution in [2.75, 3.05) is 20.8 Å². The molecular weight excluding hydrogens is 344 g/mol. The first-order chi connectivity index (χ1) is 11.6. The number of hydrogen-bond donors (Lipinski definition) is 1. The van der Waals surface area contributed by atoms with Gasteiger partial charge in [0.1, 0.15) is 0 Å². The van der Waals surface area contributed by atoms with Crippen molar-refractivity contribution in [2.24, 2.45) is 0 Å². The Morgan fingerprint density at radius 2 is 1.83 bits per heavy atom. The second-order valence-corrected chi connectivity index (χ2v) is 7.19. The van der Waals surface area contributed by atoms with Crippen molar-refractivity contribution in [3.05, 3.63) is 23.1 Å². The van der Waals surface area contributed by atoms with Crippen molar-refractivity contribution in [3.63, 3.8) is 0 Å². The molecule has 1 aromatic carbocycles. The summed E-state index contributed by atoms with van der Waals surface area (Å²) in [5.41, 5.74) is 0. The number of unbranched alkanes of at least 4 members (excludes halogenated alkanes) is 2. The molecule has 2 aromatic rings.